The van der Waals surface area contributed by atoms with Crippen molar-refractivity contribution in [3.05, 3.63) is 66.0 Å². The number of benzene rings is 1. The third kappa shape index (κ3) is 6.24. The SMILES string of the molecule is O=C(C(=O)N1CC(=O)N(CC2CCOCC2)CC(OCc2cccnc2)C1)c1ccccc1. The van der Waals surface area contributed by atoms with Gasteiger partial charge >= 0.3 is 0 Å². The molecule has 2 aliphatic heterocycles. The first-order valence-electron chi connectivity index (χ1n) is 11.3. The predicted molar refractivity (Wildman–Crippen MR) is 120 cm³/mol. The summed E-state index contributed by atoms with van der Waals surface area (Å²) in [7, 11) is 0. The Kier molecular flexibility index (Phi) is 7.80. The Morgan fingerprint density at radius 3 is 2.58 bits per heavy atom. The zero-order chi connectivity index (χ0) is 23.0. The molecule has 2 saturated heterocycles. The summed E-state index contributed by atoms with van der Waals surface area (Å²) in [5, 5.41) is 0. The van der Waals surface area contributed by atoms with Crippen molar-refractivity contribution in [2.24, 2.45) is 5.92 Å². The molecule has 8 nitrogen and oxygen atoms in total. The van der Waals surface area contributed by atoms with E-state index in [2.05, 4.69) is 4.98 Å². The van der Waals surface area contributed by atoms with Crippen LogP contribution < -0.4 is 0 Å². The molecular weight excluding hydrogens is 422 g/mol. The topological polar surface area (TPSA) is 89.0 Å². The molecule has 2 aliphatic rings. The molecular formula is C25H29N3O5. The van der Waals surface area contributed by atoms with Gasteiger partial charge in [0.1, 0.15) is 6.54 Å². The highest BCUT2D eigenvalue weighted by Crippen LogP contribution is 2.19. The van der Waals surface area contributed by atoms with Gasteiger partial charge in [0.25, 0.3) is 5.91 Å². The number of aromatic nitrogens is 1. The normalized spacial score (nSPS) is 19.9. The van der Waals surface area contributed by atoms with Crippen molar-refractivity contribution in [3.63, 3.8) is 0 Å². The molecule has 2 fully saturated rings. The van der Waals surface area contributed by atoms with Crippen molar-refractivity contribution in [1.82, 2.24) is 14.8 Å². The number of hydrogen-bond donors (Lipinski definition) is 0. The largest absolute Gasteiger partial charge is 0.381 e. The summed E-state index contributed by atoms with van der Waals surface area (Å²) in [5.74, 6) is -1.11. The van der Waals surface area contributed by atoms with E-state index in [1.54, 1.807) is 47.6 Å². The third-order valence-corrected chi connectivity index (χ3v) is 6.07. The molecule has 1 aromatic heterocycles. The van der Waals surface area contributed by atoms with Gasteiger partial charge < -0.3 is 19.3 Å². The lowest BCUT2D eigenvalue weighted by molar-refractivity contribution is -0.137. The minimum absolute atomic E-state index is 0.132. The first kappa shape index (κ1) is 23.1. The van der Waals surface area contributed by atoms with Gasteiger partial charge in [-0.3, -0.25) is 19.4 Å². The molecule has 0 N–H and O–H groups in total. The highest BCUT2D eigenvalue weighted by molar-refractivity contribution is 6.42. The maximum absolute atomic E-state index is 13.1. The lowest BCUT2D eigenvalue weighted by Gasteiger charge is -2.30. The van der Waals surface area contributed by atoms with E-state index in [4.69, 9.17) is 9.47 Å². The quantitative estimate of drug-likeness (QED) is 0.472. The van der Waals surface area contributed by atoms with Crippen molar-refractivity contribution < 1.29 is 23.9 Å². The van der Waals surface area contributed by atoms with E-state index in [0.717, 1.165) is 18.4 Å². The fourth-order valence-corrected chi connectivity index (χ4v) is 4.21. The summed E-state index contributed by atoms with van der Waals surface area (Å²) in [5.41, 5.74) is 1.22. The molecule has 1 atom stereocenters. The van der Waals surface area contributed by atoms with Gasteiger partial charge in [0.2, 0.25) is 11.7 Å². The summed E-state index contributed by atoms with van der Waals surface area (Å²) >= 11 is 0. The van der Waals surface area contributed by atoms with E-state index < -0.39 is 17.8 Å². The third-order valence-electron chi connectivity index (χ3n) is 6.07. The minimum Gasteiger partial charge on any atom is -0.381 e. The van der Waals surface area contributed by atoms with Crippen LogP contribution in [0.5, 0.6) is 0 Å². The number of ketones is 1. The van der Waals surface area contributed by atoms with Crippen molar-refractivity contribution in [1.29, 1.82) is 0 Å². The van der Waals surface area contributed by atoms with Crippen LogP contribution in [0.15, 0.2) is 54.9 Å². The Balaban J connectivity index is 1.49. The molecule has 2 aromatic rings. The Hall–Kier alpha value is -3.10. The molecule has 0 radical (unpaired) electrons. The number of nitrogens with zero attached hydrogens (tertiary/aromatic N) is 3. The van der Waals surface area contributed by atoms with Gasteiger partial charge in [-0.25, -0.2) is 0 Å². The van der Waals surface area contributed by atoms with Crippen LogP contribution in [0.1, 0.15) is 28.8 Å². The van der Waals surface area contributed by atoms with Gasteiger partial charge in [-0.1, -0.05) is 36.4 Å². The van der Waals surface area contributed by atoms with E-state index in [1.807, 2.05) is 12.1 Å². The summed E-state index contributed by atoms with van der Waals surface area (Å²) < 4.78 is 11.6. The molecule has 0 bridgehead atoms. The fraction of sp³-hybridized carbons (Fsp3) is 0.440. The molecule has 33 heavy (non-hydrogen) atoms. The van der Waals surface area contributed by atoms with Gasteiger partial charge in [-0.05, 0) is 30.4 Å². The van der Waals surface area contributed by atoms with Gasteiger partial charge in [0, 0.05) is 50.8 Å². The van der Waals surface area contributed by atoms with E-state index >= 15 is 0 Å². The Labute approximate surface area is 193 Å². The lowest BCUT2D eigenvalue weighted by atomic mass is 9.99. The Morgan fingerprint density at radius 2 is 1.85 bits per heavy atom. The molecule has 0 spiro atoms. The summed E-state index contributed by atoms with van der Waals surface area (Å²) in [4.78, 5) is 46.1. The molecule has 1 unspecified atom stereocenters. The monoisotopic (exact) mass is 451 g/mol. The smallest absolute Gasteiger partial charge is 0.295 e. The number of rotatable bonds is 7. The predicted octanol–water partition coefficient (Wildman–Crippen LogP) is 1.95. The standard InChI is InChI=1S/C25H29N3O5/c29-23-17-28(25(31)24(30)21-6-2-1-3-7-21)16-22(33-18-20-5-4-10-26-13-20)15-27(23)14-19-8-11-32-12-9-19/h1-7,10,13,19,22H,8-9,11-12,14-18H2. The van der Waals surface area contributed by atoms with Crippen LogP contribution in [0.25, 0.3) is 0 Å². The lowest BCUT2D eigenvalue weighted by Crippen LogP contribution is -2.43. The second kappa shape index (κ2) is 11.2. The molecule has 1 aromatic carbocycles. The van der Waals surface area contributed by atoms with Crippen molar-refractivity contribution in [2.45, 2.75) is 25.6 Å². The van der Waals surface area contributed by atoms with E-state index in [0.29, 0.717) is 44.4 Å². The Morgan fingerprint density at radius 1 is 1.06 bits per heavy atom. The van der Waals surface area contributed by atoms with Gasteiger partial charge in [0.15, 0.2) is 0 Å². The number of carbonyl (C=O) groups excluding carboxylic acids is 3. The second-order valence-corrected chi connectivity index (χ2v) is 8.53. The molecule has 174 valence electrons. The highest BCUT2D eigenvalue weighted by Gasteiger charge is 2.34. The number of Topliss-reactive ketones (excluding diaryl/α,β-unsaturated/α-hetero) is 1. The molecule has 0 saturated carbocycles. The molecule has 2 amide bonds. The summed E-state index contributed by atoms with van der Waals surface area (Å²) in [6.45, 7) is 2.73. The van der Waals surface area contributed by atoms with Crippen LogP contribution in [0, 0.1) is 5.92 Å². The van der Waals surface area contributed by atoms with Crippen molar-refractivity contribution >= 4 is 17.6 Å². The van der Waals surface area contributed by atoms with Gasteiger partial charge in [0.05, 0.1) is 12.7 Å². The molecule has 4 rings (SSSR count). The zero-order valence-corrected chi connectivity index (χ0v) is 18.6. The number of hydrogen-bond acceptors (Lipinski definition) is 6. The van der Waals surface area contributed by atoms with Crippen LogP contribution in [-0.4, -0.2) is 77.9 Å². The minimum atomic E-state index is -0.683. The van der Waals surface area contributed by atoms with Gasteiger partial charge in [-0.15, -0.1) is 0 Å². The van der Waals surface area contributed by atoms with E-state index in [-0.39, 0.29) is 19.0 Å². The van der Waals surface area contributed by atoms with Crippen molar-refractivity contribution in [3.8, 4) is 0 Å². The first-order chi connectivity index (χ1) is 16.1. The average molecular weight is 452 g/mol. The zero-order valence-electron chi connectivity index (χ0n) is 18.6. The Bertz CT molecular complexity index is 947. The van der Waals surface area contributed by atoms with Crippen LogP contribution in [0.3, 0.4) is 0 Å². The highest BCUT2D eigenvalue weighted by atomic mass is 16.5. The summed E-state index contributed by atoms with van der Waals surface area (Å²) in [6, 6.07) is 12.2. The van der Waals surface area contributed by atoms with Crippen LogP contribution >= 0.6 is 0 Å². The fourth-order valence-electron chi connectivity index (χ4n) is 4.21. The molecule has 3 heterocycles. The van der Waals surface area contributed by atoms with E-state index in [1.165, 1.54) is 4.90 Å². The van der Waals surface area contributed by atoms with Gasteiger partial charge in [-0.2, -0.15) is 0 Å². The average Bonchev–Trinajstić information content (AvgIpc) is 3.02. The van der Waals surface area contributed by atoms with Crippen LogP contribution in [0.2, 0.25) is 0 Å². The molecule has 0 aliphatic carbocycles. The van der Waals surface area contributed by atoms with Crippen LogP contribution in [-0.2, 0) is 25.7 Å². The van der Waals surface area contributed by atoms with Crippen molar-refractivity contribution in [2.75, 3.05) is 39.4 Å². The number of pyridine rings is 1. The number of carbonyl (C=O) groups is 3. The summed E-state index contributed by atoms with van der Waals surface area (Å²) in [6.07, 6.45) is 4.81. The molecule has 8 heteroatoms. The second-order valence-electron chi connectivity index (χ2n) is 8.53. The van der Waals surface area contributed by atoms with Crippen LogP contribution in [0.4, 0.5) is 0 Å². The number of ether oxygens (including phenoxy) is 2. The van der Waals surface area contributed by atoms with E-state index in [9.17, 15) is 14.4 Å². The maximum atomic E-state index is 13.1. The number of amides is 2. The first-order valence-corrected chi connectivity index (χ1v) is 11.3. The maximum Gasteiger partial charge on any atom is 0.295 e.